The molecule has 42 heavy (non-hydrogen) atoms. The lowest BCUT2D eigenvalue weighted by Gasteiger charge is -2.15. The molecule has 1 heterocycles. The molecule has 1 aromatic heterocycles. The summed E-state index contributed by atoms with van der Waals surface area (Å²) in [5, 5.41) is 12.0. The lowest BCUT2D eigenvalue weighted by atomic mass is 9.98. The molecule has 0 fully saturated rings. The summed E-state index contributed by atoms with van der Waals surface area (Å²) >= 11 is 0. The number of carbonyl (C=O) groups excluding carboxylic acids is 2. The molecule has 7 N–H and O–H groups in total. The fraction of sp³-hybridized carbons (Fsp3) is 0.207. The second-order valence-electron chi connectivity index (χ2n) is 9.89. The van der Waals surface area contributed by atoms with Crippen LogP contribution in [0.3, 0.4) is 0 Å². The third-order valence-electron chi connectivity index (χ3n) is 7.35. The van der Waals surface area contributed by atoms with Gasteiger partial charge < -0.3 is 27.5 Å². The summed E-state index contributed by atoms with van der Waals surface area (Å²) in [6.07, 6.45) is 4.25. The van der Waals surface area contributed by atoms with Crippen molar-refractivity contribution in [2.45, 2.75) is 38.9 Å². The molecule has 214 valence electrons. The zero-order chi connectivity index (χ0) is 30.0. The molecule has 0 saturated carbocycles. The van der Waals surface area contributed by atoms with Gasteiger partial charge in [0.1, 0.15) is 34.9 Å². The number of amides is 2. The molecular formula is C29H27FN8O4. The number of hydrazone groups is 1. The molecule has 2 amide bonds. The molecule has 13 heteroatoms. The van der Waals surface area contributed by atoms with Gasteiger partial charge in [0.05, 0.1) is 12.3 Å². The monoisotopic (exact) mass is 570 g/mol. The van der Waals surface area contributed by atoms with Crippen LogP contribution in [-0.4, -0.2) is 28.0 Å². The van der Waals surface area contributed by atoms with E-state index in [1.807, 2.05) is 19.1 Å². The van der Waals surface area contributed by atoms with E-state index in [0.717, 1.165) is 41.4 Å². The summed E-state index contributed by atoms with van der Waals surface area (Å²) < 4.78 is 14.3. The van der Waals surface area contributed by atoms with Crippen molar-refractivity contribution in [2.24, 2.45) is 10.9 Å². The van der Waals surface area contributed by atoms with Gasteiger partial charge in [-0.3, -0.25) is 19.2 Å². The Kier molecular flexibility index (Phi) is 7.74. The first kappa shape index (κ1) is 28.1. The highest BCUT2D eigenvalue weighted by atomic mass is 19.1. The van der Waals surface area contributed by atoms with Crippen LogP contribution < -0.4 is 38.4 Å². The van der Waals surface area contributed by atoms with Crippen molar-refractivity contribution in [3.63, 3.8) is 0 Å². The largest absolute Gasteiger partial charge is 0.394 e. The number of rotatable bonds is 9. The van der Waals surface area contributed by atoms with Crippen LogP contribution in [0.15, 0.2) is 57.4 Å². The zero-order valence-corrected chi connectivity index (χ0v) is 22.5. The second-order valence-corrected chi connectivity index (χ2v) is 9.89. The van der Waals surface area contributed by atoms with E-state index in [0.29, 0.717) is 5.56 Å². The molecule has 3 aromatic carbocycles. The summed E-state index contributed by atoms with van der Waals surface area (Å²) in [7, 11) is 0. The highest BCUT2D eigenvalue weighted by molar-refractivity contribution is 5.97. The number of nitrogens with one attached hydrogen (secondary N) is 3. The fourth-order valence-corrected chi connectivity index (χ4v) is 5.02. The molecule has 0 saturated heterocycles. The number of anilines is 2. The smallest absolute Gasteiger partial charge is 0.270 e. The molecule has 0 aliphatic heterocycles. The summed E-state index contributed by atoms with van der Waals surface area (Å²) in [4.78, 5) is 56.7. The van der Waals surface area contributed by atoms with Gasteiger partial charge in [-0.25, -0.2) is 14.4 Å². The van der Waals surface area contributed by atoms with Crippen molar-refractivity contribution in [3.8, 4) is 0 Å². The van der Waals surface area contributed by atoms with Crippen molar-refractivity contribution >= 4 is 29.4 Å². The number of halogens is 1. The van der Waals surface area contributed by atoms with E-state index in [1.165, 1.54) is 24.3 Å². The van der Waals surface area contributed by atoms with Crippen LogP contribution in [0.5, 0.6) is 0 Å². The Morgan fingerprint density at radius 1 is 1.07 bits per heavy atom. The number of aromatic nitrogens is 2. The Hall–Kier alpha value is -5.46. The van der Waals surface area contributed by atoms with Gasteiger partial charge in [-0.2, -0.15) is 5.10 Å². The van der Waals surface area contributed by atoms with Crippen molar-refractivity contribution in [1.29, 1.82) is 0 Å². The minimum atomic E-state index is -0.772. The van der Waals surface area contributed by atoms with Crippen LogP contribution in [0, 0.1) is 12.7 Å². The fourth-order valence-electron chi connectivity index (χ4n) is 5.02. The van der Waals surface area contributed by atoms with Gasteiger partial charge >= 0.3 is 0 Å². The molecule has 0 spiro atoms. The van der Waals surface area contributed by atoms with Gasteiger partial charge in [0.2, 0.25) is 0 Å². The number of carbonyl (C=O) groups is 2. The third-order valence-corrected chi connectivity index (χ3v) is 7.35. The summed E-state index contributed by atoms with van der Waals surface area (Å²) in [5.41, 5.74) is 8.72. The van der Waals surface area contributed by atoms with E-state index in [-0.39, 0.29) is 47.5 Å². The Labute approximate surface area is 238 Å². The maximum Gasteiger partial charge on any atom is 0.270 e. The Morgan fingerprint density at radius 2 is 1.83 bits per heavy atom. The van der Waals surface area contributed by atoms with E-state index in [1.54, 1.807) is 6.21 Å². The minimum absolute atomic E-state index is 0.0110. The number of hydrogen-bond donors (Lipinski definition) is 5. The van der Waals surface area contributed by atoms with Gasteiger partial charge in [-0.05, 0) is 59.7 Å². The first-order valence-corrected chi connectivity index (χ1v) is 13.0. The molecule has 0 radical (unpaired) electrons. The average Bonchev–Trinajstić information content (AvgIpc) is 3.41. The van der Waals surface area contributed by atoms with Crippen LogP contribution in [0.4, 0.5) is 15.8 Å². The van der Waals surface area contributed by atoms with Crippen molar-refractivity contribution in [1.82, 2.24) is 20.6 Å². The number of nitrogen functional groups attached to an aromatic ring is 1. The Bertz CT molecular complexity index is 1810. The first-order valence-electron chi connectivity index (χ1n) is 13.0. The highest BCUT2D eigenvalue weighted by Gasteiger charge is 2.27. The minimum Gasteiger partial charge on any atom is -0.394 e. The number of benzene rings is 2. The van der Waals surface area contributed by atoms with Crippen LogP contribution in [0.1, 0.15) is 66.8 Å². The average molecular weight is 571 g/mol. The Balaban J connectivity index is 1.21. The summed E-state index contributed by atoms with van der Waals surface area (Å²) in [6.45, 7) is 1.95. The molecule has 1 atom stereocenters. The summed E-state index contributed by atoms with van der Waals surface area (Å²) in [5.74, 6) is 3.77. The number of fused-ring (bicyclic) bond motifs is 1. The van der Waals surface area contributed by atoms with Crippen LogP contribution in [-0.2, 0) is 19.5 Å². The Morgan fingerprint density at radius 3 is 2.57 bits per heavy atom. The SMILES string of the molecule is Cc1c(/C=N/N)ccc2c1CCC2NC(=O)c1cc(C(=O)NCc2ccc(F)c(CNc3c(N)c(=O)c3=O)c2)ncn1. The molecule has 1 unspecified atom stereocenters. The maximum absolute atomic E-state index is 14.3. The van der Waals surface area contributed by atoms with Gasteiger partial charge in [-0.15, -0.1) is 0 Å². The van der Waals surface area contributed by atoms with Crippen molar-refractivity contribution < 1.29 is 14.0 Å². The molecule has 5 rings (SSSR count). The molecular weight excluding hydrogens is 543 g/mol. The van der Waals surface area contributed by atoms with E-state index >= 15 is 0 Å². The normalized spacial score (nSPS) is 14.2. The number of nitrogens with zero attached hydrogens (tertiary/aromatic N) is 3. The lowest BCUT2D eigenvalue weighted by molar-refractivity contribution is 0.0931. The first-order chi connectivity index (χ1) is 20.2. The zero-order valence-electron chi connectivity index (χ0n) is 22.5. The molecule has 1 aliphatic carbocycles. The van der Waals surface area contributed by atoms with Gasteiger partial charge in [0, 0.05) is 24.7 Å². The predicted molar refractivity (Wildman–Crippen MR) is 154 cm³/mol. The summed E-state index contributed by atoms with van der Waals surface area (Å²) in [6, 6.07) is 9.20. The molecule has 0 bridgehead atoms. The maximum atomic E-state index is 14.3. The topological polar surface area (TPSA) is 195 Å². The van der Waals surface area contributed by atoms with Gasteiger partial charge in [0.15, 0.2) is 0 Å². The molecule has 4 aromatic rings. The second kappa shape index (κ2) is 11.6. The number of hydrogen-bond acceptors (Lipinski definition) is 10. The van der Waals surface area contributed by atoms with Gasteiger partial charge in [0.25, 0.3) is 22.7 Å². The molecule has 12 nitrogen and oxygen atoms in total. The van der Waals surface area contributed by atoms with Crippen molar-refractivity contribution in [3.05, 3.63) is 114 Å². The third kappa shape index (κ3) is 5.44. The van der Waals surface area contributed by atoms with E-state index in [9.17, 15) is 23.6 Å². The highest BCUT2D eigenvalue weighted by Crippen LogP contribution is 2.34. The quantitative estimate of drug-likeness (QED) is 0.0854. The van der Waals surface area contributed by atoms with E-state index in [4.69, 9.17) is 11.6 Å². The standard InChI is InChI=1S/C29H27FN8O4/c1-14-16(12-37-32)3-4-19-18(14)5-7-21(19)38-29(42)23-9-22(35-13-36-23)28(41)34-10-15-2-6-20(30)17(8-15)11-33-25-24(31)26(39)27(25)40/h2-4,6,8-9,12-13,21,33H,5,7,10-11,31-32H2,1H3,(H,34,41)(H,38,42)/b37-12+. The molecule has 1 aliphatic rings. The van der Waals surface area contributed by atoms with Crippen LogP contribution >= 0.6 is 0 Å². The van der Waals surface area contributed by atoms with Crippen molar-refractivity contribution in [2.75, 3.05) is 11.1 Å². The lowest BCUT2D eigenvalue weighted by Crippen LogP contribution is -2.37. The number of nitrogens with two attached hydrogens (primary N) is 2. The van der Waals surface area contributed by atoms with Gasteiger partial charge in [-0.1, -0.05) is 18.2 Å². The predicted octanol–water partition coefficient (Wildman–Crippen LogP) is 1.35. The van der Waals surface area contributed by atoms with Crippen LogP contribution in [0.2, 0.25) is 0 Å². The van der Waals surface area contributed by atoms with E-state index < -0.39 is 28.5 Å². The van der Waals surface area contributed by atoms with Crippen LogP contribution in [0.25, 0.3) is 0 Å². The van der Waals surface area contributed by atoms with E-state index in [2.05, 4.69) is 31.0 Å².